The van der Waals surface area contributed by atoms with Gasteiger partial charge in [-0.2, -0.15) is 0 Å². The largest absolute Gasteiger partial charge is 0.492 e. The number of benzene rings is 2. The Hall–Kier alpha value is -2.89. The fraction of sp³-hybridized carbons (Fsp3) is 0.235. The second kappa shape index (κ2) is 6.91. The predicted octanol–water partition coefficient (Wildman–Crippen LogP) is 2.77. The zero-order chi connectivity index (χ0) is 16.1. The van der Waals surface area contributed by atoms with Crippen LogP contribution in [0.1, 0.15) is 11.1 Å². The minimum absolute atomic E-state index is 0.608. The van der Waals surface area contributed by atoms with Crippen molar-refractivity contribution in [3.63, 3.8) is 0 Å². The Labute approximate surface area is 135 Å². The lowest BCUT2D eigenvalue weighted by atomic mass is 10.2. The minimum Gasteiger partial charge on any atom is -0.492 e. The first-order valence-electron chi connectivity index (χ1n) is 7.50. The summed E-state index contributed by atoms with van der Waals surface area (Å²) >= 11 is 0. The van der Waals surface area contributed by atoms with Crippen molar-refractivity contribution in [3.05, 3.63) is 59.9 Å². The van der Waals surface area contributed by atoms with Crippen LogP contribution in [0.25, 0.3) is 5.69 Å². The predicted molar refractivity (Wildman–Crippen MR) is 89.1 cm³/mol. The van der Waals surface area contributed by atoms with Gasteiger partial charge in [-0.15, -0.1) is 5.10 Å². The number of hydrogen-bond acceptors (Lipinski definition) is 5. The second-order valence-corrected chi connectivity index (χ2v) is 5.34. The van der Waals surface area contributed by atoms with Gasteiger partial charge in [-0.05, 0) is 60.2 Å². The highest BCUT2D eigenvalue weighted by Crippen LogP contribution is 2.17. The van der Waals surface area contributed by atoms with Crippen LogP contribution >= 0.6 is 0 Å². The summed E-state index contributed by atoms with van der Waals surface area (Å²) in [5, 5.41) is 14.6. The zero-order valence-electron chi connectivity index (χ0n) is 13.2. The van der Waals surface area contributed by atoms with Gasteiger partial charge >= 0.3 is 0 Å². The van der Waals surface area contributed by atoms with Gasteiger partial charge in [-0.3, -0.25) is 0 Å². The van der Waals surface area contributed by atoms with Crippen LogP contribution in [-0.2, 0) is 0 Å². The molecule has 6 heteroatoms. The number of rotatable bonds is 6. The molecule has 0 radical (unpaired) electrons. The van der Waals surface area contributed by atoms with E-state index in [4.69, 9.17) is 4.74 Å². The maximum Gasteiger partial charge on any atom is 0.143 e. The highest BCUT2D eigenvalue weighted by atomic mass is 16.5. The number of nitrogens with zero attached hydrogens (tertiary/aromatic N) is 4. The minimum atomic E-state index is 0.608. The van der Waals surface area contributed by atoms with Crippen molar-refractivity contribution in [2.24, 2.45) is 0 Å². The Morgan fingerprint density at radius 1 is 1.09 bits per heavy atom. The molecule has 3 rings (SSSR count). The van der Waals surface area contributed by atoms with Crippen LogP contribution in [0.3, 0.4) is 0 Å². The molecule has 0 unspecified atom stereocenters. The van der Waals surface area contributed by atoms with E-state index in [9.17, 15) is 0 Å². The van der Waals surface area contributed by atoms with Crippen LogP contribution in [-0.4, -0.2) is 33.4 Å². The van der Waals surface area contributed by atoms with Crippen molar-refractivity contribution in [2.45, 2.75) is 13.8 Å². The van der Waals surface area contributed by atoms with E-state index in [-0.39, 0.29) is 0 Å². The van der Waals surface area contributed by atoms with E-state index >= 15 is 0 Å². The summed E-state index contributed by atoms with van der Waals surface area (Å²) in [6.07, 6.45) is 1.59. The number of aromatic nitrogens is 4. The third-order valence-corrected chi connectivity index (χ3v) is 3.51. The molecule has 0 amide bonds. The van der Waals surface area contributed by atoms with E-state index in [1.54, 1.807) is 11.0 Å². The molecular weight excluding hydrogens is 290 g/mol. The van der Waals surface area contributed by atoms with Crippen LogP contribution in [0.5, 0.6) is 5.75 Å². The molecule has 23 heavy (non-hydrogen) atoms. The Morgan fingerprint density at radius 3 is 2.61 bits per heavy atom. The monoisotopic (exact) mass is 309 g/mol. The Kier molecular flexibility index (Phi) is 4.52. The van der Waals surface area contributed by atoms with Gasteiger partial charge in [-0.1, -0.05) is 17.7 Å². The first-order valence-corrected chi connectivity index (χ1v) is 7.50. The molecule has 0 spiro atoms. The number of tetrazole rings is 1. The van der Waals surface area contributed by atoms with Crippen molar-refractivity contribution in [2.75, 3.05) is 18.5 Å². The van der Waals surface area contributed by atoms with Gasteiger partial charge in [0.1, 0.15) is 18.7 Å². The molecular formula is C17H19N5O. The molecule has 0 atom stereocenters. The zero-order valence-corrected chi connectivity index (χ0v) is 13.2. The molecule has 2 aromatic carbocycles. The summed E-state index contributed by atoms with van der Waals surface area (Å²) in [5.41, 5.74) is 4.35. The van der Waals surface area contributed by atoms with E-state index in [2.05, 4.69) is 33.8 Å². The summed E-state index contributed by atoms with van der Waals surface area (Å²) in [6, 6.07) is 14.1. The maximum atomic E-state index is 5.70. The smallest absolute Gasteiger partial charge is 0.143 e. The van der Waals surface area contributed by atoms with E-state index in [0.29, 0.717) is 6.61 Å². The highest BCUT2D eigenvalue weighted by Gasteiger charge is 2.03. The van der Waals surface area contributed by atoms with Crippen molar-refractivity contribution >= 4 is 5.69 Å². The lowest BCUT2D eigenvalue weighted by molar-refractivity contribution is 0.333. The standard InChI is InChI=1S/C17H19N5O/c1-13-3-6-16(7-4-13)23-10-9-18-15-5-8-17(14(2)11-15)22-12-19-20-21-22/h3-8,11-12,18H,9-10H2,1-2H3. The topological polar surface area (TPSA) is 64.9 Å². The lowest BCUT2D eigenvalue weighted by Crippen LogP contribution is -2.11. The van der Waals surface area contributed by atoms with Crippen LogP contribution in [0, 0.1) is 13.8 Å². The normalized spacial score (nSPS) is 10.5. The molecule has 1 heterocycles. The molecule has 0 bridgehead atoms. The molecule has 0 aliphatic rings. The van der Waals surface area contributed by atoms with Gasteiger partial charge in [0.15, 0.2) is 0 Å². The van der Waals surface area contributed by atoms with Gasteiger partial charge < -0.3 is 10.1 Å². The van der Waals surface area contributed by atoms with Gasteiger partial charge in [0.2, 0.25) is 0 Å². The highest BCUT2D eigenvalue weighted by molar-refractivity contribution is 5.53. The van der Waals surface area contributed by atoms with E-state index in [0.717, 1.165) is 29.2 Å². The molecule has 0 aliphatic carbocycles. The molecule has 1 N–H and O–H groups in total. The summed E-state index contributed by atoms with van der Waals surface area (Å²) in [6.45, 7) is 5.44. The average Bonchev–Trinajstić information content (AvgIpc) is 3.07. The first-order chi connectivity index (χ1) is 11.2. The fourth-order valence-corrected chi connectivity index (χ4v) is 2.29. The summed E-state index contributed by atoms with van der Waals surface area (Å²) in [5.74, 6) is 0.891. The summed E-state index contributed by atoms with van der Waals surface area (Å²) in [4.78, 5) is 0. The van der Waals surface area contributed by atoms with Gasteiger partial charge in [0, 0.05) is 12.2 Å². The Balaban J connectivity index is 1.52. The Morgan fingerprint density at radius 2 is 1.91 bits per heavy atom. The summed E-state index contributed by atoms with van der Waals surface area (Å²) in [7, 11) is 0. The molecule has 118 valence electrons. The van der Waals surface area contributed by atoms with Crippen LogP contribution in [0.15, 0.2) is 48.8 Å². The second-order valence-electron chi connectivity index (χ2n) is 5.34. The molecule has 0 fully saturated rings. The number of hydrogen-bond donors (Lipinski definition) is 1. The van der Waals surface area contributed by atoms with Crippen LogP contribution < -0.4 is 10.1 Å². The molecule has 1 aromatic heterocycles. The van der Waals surface area contributed by atoms with Crippen molar-refractivity contribution in [1.82, 2.24) is 20.2 Å². The van der Waals surface area contributed by atoms with E-state index in [1.165, 1.54) is 5.56 Å². The van der Waals surface area contributed by atoms with E-state index < -0.39 is 0 Å². The number of ether oxygens (including phenoxy) is 1. The van der Waals surface area contributed by atoms with E-state index in [1.807, 2.05) is 43.3 Å². The lowest BCUT2D eigenvalue weighted by Gasteiger charge is -2.11. The SMILES string of the molecule is Cc1ccc(OCCNc2ccc(-n3cnnn3)c(C)c2)cc1. The average molecular weight is 309 g/mol. The van der Waals surface area contributed by atoms with Crippen molar-refractivity contribution in [3.8, 4) is 11.4 Å². The molecule has 3 aromatic rings. The number of anilines is 1. The third-order valence-electron chi connectivity index (χ3n) is 3.51. The molecule has 6 nitrogen and oxygen atoms in total. The van der Waals surface area contributed by atoms with Crippen LogP contribution in [0.4, 0.5) is 5.69 Å². The van der Waals surface area contributed by atoms with Crippen LogP contribution in [0.2, 0.25) is 0 Å². The van der Waals surface area contributed by atoms with Gasteiger partial charge in [0.25, 0.3) is 0 Å². The molecule has 0 saturated heterocycles. The van der Waals surface area contributed by atoms with Crippen molar-refractivity contribution < 1.29 is 4.74 Å². The maximum absolute atomic E-state index is 5.70. The van der Waals surface area contributed by atoms with Gasteiger partial charge in [-0.25, -0.2) is 4.68 Å². The molecule has 0 saturated carbocycles. The molecule has 0 aliphatic heterocycles. The van der Waals surface area contributed by atoms with Gasteiger partial charge in [0.05, 0.1) is 5.69 Å². The third kappa shape index (κ3) is 3.85. The Bertz CT molecular complexity index is 753. The fourth-order valence-electron chi connectivity index (χ4n) is 2.29. The number of nitrogens with one attached hydrogen (secondary N) is 1. The quantitative estimate of drug-likeness (QED) is 0.709. The summed E-state index contributed by atoms with van der Waals surface area (Å²) < 4.78 is 7.35. The first kappa shape index (κ1) is 15.0. The number of aryl methyl sites for hydroxylation is 2. The van der Waals surface area contributed by atoms with Crippen molar-refractivity contribution in [1.29, 1.82) is 0 Å².